The summed E-state index contributed by atoms with van der Waals surface area (Å²) >= 11 is 0. The predicted molar refractivity (Wildman–Crippen MR) is 39.1 cm³/mol. The first-order valence-corrected chi connectivity index (χ1v) is 5.32. The Morgan fingerprint density at radius 3 is 1.45 bits per heavy atom. The summed E-state index contributed by atoms with van der Waals surface area (Å²) in [5, 5.41) is -7.04. The Kier molecular flexibility index (Phi) is 4.45. The van der Waals surface area contributed by atoms with Crippen LogP contribution in [-0.4, -0.2) is 37.5 Å². The van der Waals surface area contributed by atoms with Crippen molar-refractivity contribution in [2.24, 2.45) is 0 Å². The molecule has 0 fully saturated rings. The molecule has 0 rings (SSSR count). The van der Waals surface area contributed by atoms with Crippen molar-refractivity contribution in [3.63, 3.8) is 0 Å². The van der Waals surface area contributed by atoms with Crippen LogP contribution >= 0.6 is 0 Å². The summed E-state index contributed by atoms with van der Waals surface area (Å²) in [5.74, 6) is -19.1. The number of alkyl halides is 9. The fourth-order valence-corrected chi connectivity index (χ4v) is 1.28. The van der Waals surface area contributed by atoms with Crippen molar-refractivity contribution < 1.29 is 57.2 Å². The van der Waals surface area contributed by atoms with Crippen LogP contribution < -0.4 is 4.94 Å². The van der Waals surface area contributed by atoms with Gasteiger partial charge >= 0.3 is 39.1 Å². The van der Waals surface area contributed by atoms with E-state index in [1.807, 2.05) is 0 Å². The summed E-state index contributed by atoms with van der Waals surface area (Å²) in [7, 11) is -7.12. The number of ketones is 1. The molecule has 0 radical (unpaired) electrons. The highest BCUT2D eigenvalue weighted by molar-refractivity contribution is 7.90. The summed E-state index contributed by atoms with van der Waals surface area (Å²) in [5.41, 5.74) is 0. The number of rotatable bonds is 5. The Morgan fingerprint density at radius 1 is 0.850 bits per heavy atom. The predicted octanol–water partition coefficient (Wildman–Crippen LogP) is 1.79. The third kappa shape index (κ3) is 2.55. The first kappa shape index (κ1) is 18.9. The monoisotopic (exact) mass is 345 g/mol. The second-order valence-electron chi connectivity index (χ2n) is 3.07. The van der Waals surface area contributed by atoms with Crippen LogP contribution in [-0.2, 0) is 14.8 Å². The Labute approximate surface area is 102 Å². The highest BCUT2D eigenvalue weighted by Gasteiger charge is 2.82. The number of nitrogens with one attached hydrogen (secondary N) is 1. The molecular weight excluding hydrogens is 344 g/mol. The molecule has 1 N–H and O–H groups in total. The molecular formula is C5HF10NO3S. The minimum Gasteiger partial charge on any atom is -0.282 e. The zero-order valence-corrected chi connectivity index (χ0v) is 9.23. The number of sulfonamides is 1. The quantitative estimate of drug-likeness (QED) is 0.610. The van der Waals surface area contributed by atoms with Crippen LogP contribution in [0, 0.1) is 0 Å². The van der Waals surface area contributed by atoms with E-state index in [-0.39, 0.29) is 0 Å². The molecule has 0 aliphatic heterocycles. The van der Waals surface area contributed by atoms with E-state index in [9.17, 15) is 57.2 Å². The van der Waals surface area contributed by atoms with Crippen molar-refractivity contribution in [2.45, 2.75) is 23.3 Å². The van der Waals surface area contributed by atoms with Gasteiger partial charge in [-0.15, -0.1) is 4.48 Å². The van der Waals surface area contributed by atoms with Crippen molar-refractivity contribution in [3.8, 4) is 0 Å². The molecule has 20 heavy (non-hydrogen) atoms. The number of Topliss-reactive ketones (excluding diaryl/α,β-unsaturated/α-hetero) is 1. The van der Waals surface area contributed by atoms with Crippen molar-refractivity contribution in [3.05, 3.63) is 0 Å². The van der Waals surface area contributed by atoms with Crippen LogP contribution in [0.5, 0.6) is 0 Å². The Balaban J connectivity index is 6.06. The highest BCUT2D eigenvalue weighted by Crippen LogP contribution is 2.50. The standard InChI is InChI=1S/C5HF10NO3S/c6-2(7,1(17)3(8,9)10)4(11,12)5(13,14)20(18,19)16-15/h16H. The lowest BCUT2D eigenvalue weighted by atomic mass is 10.1. The van der Waals surface area contributed by atoms with Crippen LogP contribution in [0.1, 0.15) is 0 Å². The number of carbonyl (C=O) groups is 1. The third-order valence-corrected chi connectivity index (χ3v) is 2.88. The molecule has 0 spiro atoms. The second kappa shape index (κ2) is 4.71. The maximum absolute atomic E-state index is 12.6. The van der Waals surface area contributed by atoms with Crippen molar-refractivity contribution in [1.82, 2.24) is 4.94 Å². The zero-order chi connectivity index (χ0) is 16.8. The molecule has 0 saturated heterocycles. The molecule has 0 bridgehead atoms. The lowest BCUT2D eigenvalue weighted by molar-refractivity contribution is -0.282. The largest absolute Gasteiger partial charge is 0.456 e. The third-order valence-electron chi connectivity index (χ3n) is 1.74. The van der Waals surface area contributed by atoms with Gasteiger partial charge in [-0.3, -0.25) is 4.79 Å². The maximum atomic E-state index is 12.6. The van der Waals surface area contributed by atoms with Gasteiger partial charge in [0.15, 0.2) is 0 Å². The Hall–Kier alpha value is -1.12. The SMILES string of the molecule is O=C(C(F)(F)F)C(F)(F)C(F)(F)C(F)(F)S(=O)(=O)NF. The summed E-state index contributed by atoms with van der Waals surface area (Å²) in [6.45, 7) is 0. The molecule has 0 aromatic rings. The summed E-state index contributed by atoms with van der Waals surface area (Å²) in [6.07, 6.45) is -6.67. The lowest BCUT2D eigenvalue weighted by Gasteiger charge is -2.30. The van der Waals surface area contributed by atoms with Gasteiger partial charge in [-0.1, -0.05) is 0 Å². The van der Waals surface area contributed by atoms with Crippen LogP contribution in [0.2, 0.25) is 0 Å². The molecule has 4 nitrogen and oxygen atoms in total. The topological polar surface area (TPSA) is 63.2 Å². The second-order valence-corrected chi connectivity index (χ2v) is 4.75. The Morgan fingerprint density at radius 2 is 1.20 bits per heavy atom. The molecule has 120 valence electrons. The molecule has 0 aromatic carbocycles. The first-order chi connectivity index (χ1) is 8.47. The fraction of sp³-hybridized carbons (Fsp3) is 0.800. The first-order valence-electron chi connectivity index (χ1n) is 3.84. The van der Waals surface area contributed by atoms with E-state index in [1.54, 1.807) is 0 Å². The minimum atomic E-state index is -7.37. The van der Waals surface area contributed by atoms with Crippen LogP contribution in [0.25, 0.3) is 0 Å². The van der Waals surface area contributed by atoms with Gasteiger partial charge in [0.1, 0.15) is 0 Å². The van der Waals surface area contributed by atoms with Crippen molar-refractivity contribution in [1.29, 1.82) is 0 Å². The number of hydrogen-bond acceptors (Lipinski definition) is 3. The van der Waals surface area contributed by atoms with Gasteiger partial charge in [-0.2, -0.15) is 39.5 Å². The molecule has 0 saturated carbocycles. The zero-order valence-electron chi connectivity index (χ0n) is 8.41. The molecule has 0 aromatic heterocycles. The average molecular weight is 345 g/mol. The van der Waals surface area contributed by atoms with E-state index in [0.717, 1.165) is 0 Å². The van der Waals surface area contributed by atoms with Gasteiger partial charge < -0.3 is 0 Å². The number of hydrogen-bond donors (Lipinski definition) is 1. The summed E-state index contributed by atoms with van der Waals surface area (Å²) in [4.78, 5) is 9.05. The van der Waals surface area contributed by atoms with Crippen LogP contribution in [0.4, 0.5) is 44.0 Å². The van der Waals surface area contributed by atoms with E-state index >= 15 is 0 Å². The van der Waals surface area contributed by atoms with Crippen molar-refractivity contribution in [2.75, 3.05) is 0 Å². The minimum absolute atomic E-state index is 0.946. The molecule has 0 amide bonds. The summed E-state index contributed by atoms with van der Waals surface area (Å²) < 4.78 is 142. The lowest BCUT2D eigenvalue weighted by Crippen LogP contribution is -2.64. The average Bonchev–Trinajstić information content (AvgIpc) is 2.25. The van der Waals surface area contributed by atoms with E-state index in [4.69, 9.17) is 0 Å². The molecule has 0 aliphatic carbocycles. The summed E-state index contributed by atoms with van der Waals surface area (Å²) in [6, 6.07) is 0. The van der Waals surface area contributed by atoms with Gasteiger partial charge in [-0.25, -0.2) is 8.42 Å². The van der Waals surface area contributed by atoms with E-state index < -0.39 is 44.0 Å². The molecule has 15 heteroatoms. The van der Waals surface area contributed by atoms with Gasteiger partial charge in [0.25, 0.3) is 0 Å². The highest BCUT2D eigenvalue weighted by atomic mass is 32.2. The molecule has 0 atom stereocenters. The molecule has 0 aliphatic rings. The maximum Gasteiger partial charge on any atom is 0.456 e. The number of carbonyl (C=O) groups excluding carboxylic acids is 1. The fourth-order valence-electron chi connectivity index (χ4n) is 0.721. The van der Waals surface area contributed by atoms with Crippen LogP contribution in [0.3, 0.4) is 0 Å². The van der Waals surface area contributed by atoms with E-state index in [1.165, 1.54) is 0 Å². The van der Waals surface area contributed by atoms with Crippen molar-refractivity contribution >= 4 is 15.8 Å². The smallest absolute Gasteiger partial charge is 0.282 e. The molecule has 0 unspecified atom stereocenters. The van der Waals surface area contributed by atoms with Crippen LogP contribution in [0.15, 0.2) is 0 Å². The van der Waals surface area contributed by atoms with Gasteiger partial charge in [0.05, 0.1) is 0 Å². The van der Waals surface area contributed by atoms with Gasteiger partial charge in [0, 0.05) is 0 Å². The normalized spacial score (nSPS) is 15.3. The van der Waals surface area contributed by atoms with E-state index in [0.29, 0.717) is 0 Å². The van der Waals surface area contributed by atoms with Gasteiger partial charge in [-0.05, 0) is 4.94 Å². The van der Waals surface area contributed by atoms with E-state index in [2.05, 4.69) is 0 Å². The Bertz CT molecular complexity index is 494. The number of halogens is 10. The van der Waals surface area contributed by atoms with Gasteiger partial charge in [0.2, 0.25) is 0 Å². The molecule has 0 heterocycles.